The lowest BCUT2D eigenvalue weighted by atomic mass is 9.98. The van der Waals surface area contributed by atoms with E-state index in [1.165, 1.54) is 15.6 Å². The molecule has 140 valence electrons. The van der Waals surface area contributed by atoms with Crippen LogP contribution >= 0.6 is 11.3 Å². The van der Waals surface area contributed by atoms with Crippen molar-refractivity contribution < 1.29 is 13.2 Å². The number of nitrogens with zero attached hydrogens (tertiary/aromatic N) is 3. The Hall–Kier alpha value is -1.77. The molecule has 6 nitrogen and oxygen atoms in total. The second-order valence-electron chi connectivity index (χ2n) is 6.62. The average Bonchev–Trinajstić information content (AvgIpc) is 3.17. The lowest BCUT2D eigenvalue weighted by Gasteiger charge is -2.31. The Bertz CT molecular complexity index is 931. The maximum atomic E-state index is 13.0. The van der Waals surface area contributed by atoms with Gasteiger partial charge in [0.15, 0.2) is 0 Å². The first-order chi connectivity index (χ1) is 12.4. The Morgan fingerprint density at radius 2 is 2.08 bits per heavy atom. The van der Waals surface area contributed by atoms with E-state index >= 15 is 0 Å². The largest absolute Gasteiger partial charge is 0.274 e. The molecule has 3 heterocycles. The molecular formula is C18H23N3O3S2. The Morgan fingerprint density at radius 1 is 1.27 bits per heavy atom. The molecule has 0 bridgehead atoms. The molecule has 0 spiro atoms. The summed E-state index contributed by atoms with van der Waals surface area (Å²) in [5.41, 5.74) is 0.603. The molecule has 0 radical (unpaired) electrons. The third-order valence-corrected chi connectivity index (χ3v) is 7.53. The average molecular weight is 394 g/mol. The Morgan fingerprint density at radius 3 is 2.77 bits per heavy atom. The molecule has 1 unspecified atom stereocenters. The van der Waals surface area contributed by atoms with Crippen LogP contribution in [-0.2, 0) is 10.0 Å². The van der Waals surface area contributed by atoms with Crippen LogP contribution in [0.15, 0.2) is 51.1 Å². The highest BCUT2D eigenvalue weighted by molar-refractivity contribution is 7.91. The van der Waals surface area contributed by atoms with Gasteiger partial charge in [-0.3, -0.25) is 14.4 Å². The van der Waals surface area contributed by atoms with Crippen molar-refractivity contribution in [1.82, 2.24) is 8.87 Å². The topological polar surface area (TPSA) is 71.7 Å². The molecule has 1 aliphatic heterocycles. The smallest absolute Gasteiger partial charge is 0.252 e. The van der Waals surface area contributed by atoms with E-state index in [1.807, 2.05) is 19.9 Å². The minimum atomic E-state index is -3.53. The summed E-state index contributed by atoms with van der Waals surface area (Å²) in [6.45, 7) is 4.57. The van der Waals surface area contributed by atoms with E-state index in [2.05, 4.69) is 4.99 Å². The van der Waals surface area contributed by atoms with Gasteiger partial charge in [0.25, 0.3) is 10.0 Å². The molecular weight excluding hydrogens is 370 g/mol. The number of hydrogen-bond donors (Lipinski definition) is 0. The summed E-state index contributed by atoms with van der Waals surface area (Å²) in [5.74, 6) is -0.469. The van der Waals surface area contributed by atoms with Crippen LogP contribution in [0.1, 0.15) is 31.5 Å². The molecule has 2 aromatic heterocycles. The van der Waals surface area contributed by atoms with Crippen LogP contribution in [0.2, 0.25) is 0 Å². The fourth-order valence-electron chi connectivity index (χ4n) is 3.09. The van der Waals surface area contributed by atoms with Crippen molar-refractivity contribution in [1.29, 1.82) is 0 Å². The minimum absolute atomic E-state index is 0.0681. The highest BCUT2D eigenvalue weighted by Crippen LogP contribution is 2.26. The van der Waals surface area contributed by atoms with Gasteiger partial charge in [0, 0.05) is 25.3 Å². The first-order valence-electron chi connectivity index (χ1n) is 8.69. The van der Waals surface area contributed by atoms with Gasteiger partial charge >= 0.3 is 0 Å². The molecule has 8 heteroatoms. The zero-order chi connectivity index (χ0) is 18.7. The molecule has 0 aliphatic carbocycles. The Balaban J connectivity index is 1.86. The fourth-order valence-corrected chi connectivity index (χ4v) is 5.76. The maximum Gasteiger partial charge on any atom is 0.252 e. The van der Waals surface area contributed by atoms with E-state index in [1.54, 1.807) is 40.4 Å². The van der Waals surface area contributed by atoms with Crippen LogP contribution in [-0.4, -0.2) is 42.3 Å². The number of carbonyl (C=O) groups excluding carboxylic acids is 1. The van der Waals surface area contributed by atoms with Crippen LogP contribution < -0.4 is 5.49 Å². The molecule has 3 rings (SSSR count). The quantitative estimate of drug-likeness (QED) is 0.802. The predicted octanol–water partition coefficient (Wildman–Crippen LogP) is 2.60. The van der Waals surface area contributed by atoms with Gasteiger partial charge in [-0.1, -0.05) is 12.1 Å². The third-order valence-electron chi connectivity index (χ3n) is 4.29. The lowest BCUT2D eigenvalue weighted by Crippen LogP contribution is -2.44. The molecule has 1 fully saturated rings. The minimum Gasteiger partial charge on any atom is -0.274 e. The summed E-state index contributed by atoms with van der Waals surface area (Å²) >= 11 is 1.20. The molecule has 0 aromatic carbocycles. The van der Waals surface area contributed by atoms with Crippen LogP contribution in [0.25, 0.3) is 0 Å². The van der Waals surface area contributed by atoms with E-state index in [-0.39, 0.29) is 24.4 Å². The van der Waals surface area contributed by atoms with E-state index in [9.17, 15) is 13.2 Å². The maximum absolute atomic E-state index is 13.0. The van der Waals surface area contributed by atoms with Crippen LogP contribution in [0, 0.1) is 5.92 Å². The van der Waals surface area contributed by atoms with Crippen molar-refractivity contribution >= 4 is 27.3 Å². The molecule has 0 saturated carbocycles. The van der Waals surface area contributed by atoms with Crippen molar-refractivity contribution in [2.75, 3.05) is 13.1 Å². The van der Waals surface area contributed by atoms with Gasteiger partial charge in [0.2, 0.25) is 5.91 Å². The van der Waals surface area contributed by atoms with E-state index < -0.39 is 10.0 Å². The van der Waals surface area contributed by atoms with Gasteiger partial charge in [0.1, 0.15) is 9.70 Å². The summed E-state index contributed by atoms with van der Waals surface area (Å²) < 4.78 is 28.8. The highest BCUT2D eigenvalue weighted by Gasteiger charge is 2.34. The summed E-state index contributed by atoms with van der Waals surface area (Å²) in [4.78, 5) is 17.5. The van der Waals surface area contributed by atoms with Crippen molar-refractivity contribution in [3.63, 3.8) is 0 Å². The second kappa shape index (κ2) is 7.85. The zero-order valence-electron chi connectivity index (χ0n) is 14.9. The molecule has 1 atom stereocenters. The Kier molecular flexibility index (Phi) is 5.74. The van der Waals surface area contributed by atoms with Gasteiger partial charge < -0.3 is 0 Å². The normalized spacial score (nSPS) is 19.8. The number of carbonyl (C=O) groups is 1. The van der Waals surface area contributed by atoms with Gasteiger partial charge in [0.05, 0.1) is 5.92 Å². The van der Waals surface area contributed by atoms with E-state index in [0.29, 0.717) is 29.1 Å². The van der Waals surface area contributed by atoms with Crippen molar-refractivity contribution in [2.45, 2.75) is 36.9 Å². The number of pyridine rings is 1. The summed E-state index contributed by atoms with van der Waals surface area (Å²) in [6, 6.07) is 8.85. The number of hydrogen-bond acceptors (Lipinski definition) is 5. The number of aromatic nitrogens is 1. The third kappa shape index (κ3) is 3.97. The number of thiophene rings is 1. The van der Waals surface area contributed by atoms with E-state index in [4.69, 9.17) is 0 Å². The van der Waals surface area contributed by atoms with Gasteiger partial charge in [-0.05, 0) is 50.3 Å². The fraction of sp³-hybridized carbons (Fsp3) is 0.444. The summed E-state index contributed by atoms with van der Waals surface area (Å²) in [7, 11) is -3.53. The second-order valence-corrected chi connectivity index (χ2v) is 9.74. The van der Waals surface area contributed by atoms with Crippen LogP contribution in [0.4, 0.5) is 0 Å². The van der Waals surface area contributed by atoms with Gasteiger partial charge in [-0.25, -0.2) is 8.42 Å². The monoisotopic (exact) mass is 393 g/mol. The summed E-state index contributed by atoms with van der Waals surface area (Å²) in [6.07, 6.45) is 3.06. The molecule has 0 N–H and O–H groups in total. The molecule has 1 aliphatic rings. The van der Waals surface area contributed by atoms with Crippen molar-refractivity contribution in [2.24, 2.45) is 10.9 Å². The number of rotatable bonds is 4. The number of piperidine rings is 1. The molecule has 0 amide bonds. The van der Waals surface area contributed by atoms with Crippen molar-refractivity contribution in [3.8, 4) is 0 Å². The Labute approximate surface area is 157 Å². The highest BCUT2D eigenvalue weighted by atomic mass is 32.2. The van der Waals surface area contributed by atoms with Crippen LogP contribution in [0.5, 0.6) is 0 Å². The zero-order valence-corrected chi connectivity index (χ0v) is 16.5. The van der Waals surface area contributed by atoms with Crippen LogP contribution in [0.3, 0.4) is 0 Å². The van der Waals surface area contributed by atoms with Crippen molar-refractivity contribution in [3.05, 3.63) is 47.4 Å². The van der Waals surface area contributed by atoms with Gasteiger partial charge in [-0.15, -0.1) is 11.3 Å². The molecule has 1 saturated heterocycles. The predicted molar refractivity (Wildman–Crippen MR) is 102 cm³/mol. The first kappa shape index (κ1) is 19.0. The SMILES string of the molecule is CC(C)N=c1ccccn1C(=O)C1CCCN(S(=O)(=O)c2cccs2)C1. The standard InChI is InChI=1S/C18H23N3O3S2/c1-14(2)19-16-8-3-4-11-21(16)18(22)15-7-5-10-20(13-15)26(23,24)17-9-6-12-25-17/h3-4,6,8-9,11-12,14-15H,5,7,10,13H2,1-2H3. The van der Waals surface area contributed by atoms with Gasteiger partial charge in [-0.2, -0.15) is 4.31 Å². The molecule has 26 heavy (non-hydrogen) atoms. The number of sulfonamides is 1. The first-order valence-corrected chi connectivity index (χ1v) is 11.0. The lowest BCUT2D eigenvalue weighted by molar-refractivity contribution is 0.0778. The van der Waals surface area contributed by atoms with E-state index in [0.717, 1.165) is 0 Å². The summed E-state index contributed by atoms with van der Waals surface area (Å²) in [5, 5.41) is 1.75. The molecule has 2 aromatic rings.